The Morgan fingerprint density at radius 1 is 1.36 bits per heavy atom. The second-order valence-electron chi connectivity index (χ2n) is 3.26. The molecule has 1 amide bonds. The Labute approximate surface area is 86.3 Å². The summed E-state index contributed by atoms with van der Waals surface area (Å²) in [5.74, 6) is -0.0319. The van der Waals surface area contributed by atoms with Crippen molar-refractivity contribution < 1.29 is 4.79 Å². The van der Waals surface area contributed by atoms with E-state index in [9.17, 15) is 4.79 Å². The Kier molecular flexibility index (Phi) is 6.46. The molecule has 1 aromatic carbocycles. The minimum Gasteiger partial charge on any atom is -0.326 e. The van der Waals surface area contributed by atoms with Crippen LogP contribution in [0.15, 0.2) is 24.3 Å². The Morgan fingerprint density at radius 3 is 2.36 bits per heavy atom. The molecule has 1 N–H and O–H groups in total. The highest BCUT2D eigenvalue weighted by molar-refractivity contribution is 5.88. The molecule has 0 aliphatic heterocycles. The Bertz CT molecular complexity index is 281. The van der Waals surface area contributed by atoms with Crippen LogP contribution in [0.4, 0.5) is 5.69 Å². The first-order valence-corrected chi connectivity index (χ1v) is 4.94. The van der Waals surface area contributed by atoms with Crippen molar-refractivity contribution in [2.24, 2.45) is 0 Å². The lowest BCUT2D eigenvalue weighted by molar-refractivity contribution is -0.114. The van der Waals surface area contributed by atoms with Gasteiger partial charge in [-0.05, 0) is 24.6 Å². The third kappa shape index (κ3) is 6.23. The van der Waals surface area contributed by atoms with E-state index in [2.05, 4.69) is 19.2 Å². The normalized spacial score (nSPS) is 8.57. The number of rotatable bonds is 1. The number of benzene rings is 1. The van der Waals surface area contributed by atoms with Crippen molar-refractivity contribution in [3.63, 3.8) is 0 Å². The van der Waals surface area contributed by atoms with E-state index in [0.717, 1.165) is 11.3 Å². The van der Waals surface area contributed by atoms with E-state index in [-0.39, 0.29) is 5.91 Å². The lowest BCUT2D eigenvalue weighted by atomic mass is 10.2. The van der Waals surface area contributed by atoms with Crippen molar-refractivity contribution in [1.29, 1.82) is 0 Å². The zero-order valence-electron chi connectivity index (χ0n) is 9.42. The molecule has 1 aromatic rings. The molecule has 0 aliphatic rings. The second kappa shape index (κ2) is 7.13. The van der Waals surface area contributed by atoms with E-state index in [1.54, 1.807) is 0 Å². The first kappa shape index (κ1) is 12.7. The summed E-state index contributed by atoms with van der Waals surface area (Å²) in [6, 6.07) is 7.71. The number of nitrogens with one attached hydrogen (secondary N) is 1. The van der Waals surface area contributed by atoms with Gasteiger partial charge >= 0.3 is 0 Å². The molecule has 0 aromatic heterocycles. The minimum atomic E-state index is -0.0319. The Morgan fingerprint density at radius 2 is 1.93 bits per heavy atom. The lowest BCUT2D eigenvalue weighted by Gasteiger charge is -2.01. The molecule has 1 rings (SSSR count). The number of amides is 1. The second-order valence-corrected chi connectivity index (χ2v) is 3.26. The van der Waals surface area contributed by atoms with Gasteiger partial charge in [0.1, 0.15) is 0 Å². The highest BCUT2D eigenvalue weighted by atomic mass is 16.1. The van der Waals surface area contributed by atoms with Crippen molar-refractivity contribution >= 4 is 11.6 Å². The number of hydrogen-bond donors (Lipinski definition) is 1. The van der Waals surface area contributed by atoms with Crippen molar-refractivity contribution in [1.82, 2.24) is 0 Å². The van der Waals surface area contributed by atoms with Crippen LogP contribution >= 0.6 is 0 Å². The maximum atomic E-state index is 10.6. The zero-order chi connectivity index (χ0) is 11.0. The van der Waals surface area contributed by atoms with Crippen LogP contribution in [0.5, 0.6) is 0 Å². The predicted octanol–water partition coefficient (Wildman–Crippen LogP) is 3.37. The summed E-state index contributed by atoms with van der Waals surface area (Å²) in [6.07, 6.45) is 1.25. The maximum Gasteiger partial charge on any atom is 0.221 e. The summed E-state index contributed by atoms with van der Waals surface area (Å²) in [4.78, 5) is 10.6. The minimum absolute atomic E-state index is 0.0319. The van der Waals surface area contributed by atoms with E-state index in [1.807, 2.05) is 31.2 Å². The van der Waals surface area contributed by atoms with Gasteiger partial charge in [0.25, 0.3) is 0 Å². The summed E-state index contributed by atoms with van der Waals surface area (Å²) in [7, 11) is 0. The van der Waals surface area contributed by atoms with Crippen LogP contribution in [0.25, 0.3) is 0 Å². The SMILES string of the molecule is CC(=O)Nc1cccc(C)c1.CCC. The molecule has 0 saturated heterocycles. The summed E-state index contributed by atoms with van der Waals surface area (Å²) in [5, 5.41) is 2.71. The van der Waals surface area contributed by atoms with E-state index in [4.69, 9.17) is 0 Å². The summed E-state index contributed by atoms with van der Waals surface area (Å²) < 4.78 is 0. The standard InChI is InChI=1S/C9H11NO.C3H8/c1-7-4-3-5-9(6-7)10-8(2)11;1-3-2/h3-6H,1-2H3,(H,10,11);3H2,1-2H3. The van der Waals surface area contributed by atoms with Crippen molar-refractivity contribution in [2.45, 2.75) is 34.1 Å². The summed E-state index contributed by atoms with van der Waals surface area (Å²) in [6.45, 7) is 7.74. The summed E-state index contributed by atoms with van der Waals surface area (Å²) in [5.41, 5.74) is 2.01. The number of anilines is 1. The molecule has 0 unspecified atom stereocenters. The van der Waals surface area contributed by atoms with Gasteiger partial charge in [0.2, 0.25) is 5.91 Å². The van der Waals surface area contributed by atoms with E-state index < -0.39 is 0 Å². The molecule has 0 heterocycles. The van der Waals surface area contributed by atoms with E-state index >= 15 is 0 Å². The average Bonchev–Trinajstić information content (AvgIpc) is 2.03. The predicted molar refractivity (Wildman–Crippen MR) is 61.4 cm³/mol. The van der Waals surface area contributed by atoms with Gasteiger partial charge in [0.05, 0.1) is 0 Å². The Balaban J connectivity index is 0.000000500. The fraction of sp³-hybridized carbons (Fsp3) is 0.417. The third-order valence-corrected chi connectivity index (χ3v) is 1.34. The van der Waals surface area contributed by atoms with Crippen molar-refractivity contribution in [2.75, 3.05) is 5.32 Å². The van der Waals surface area contributed by atoms with Gasteiger partial charge in [-0.3, -0.25) is 4.79 Å². The van der Waals surface area contributed by atoms with Gasteiger partial charge in [-0.25, -0.2) is 0 Å². The van der Waals surface area contributed by atoms with Crippen molar-refractivity contribution in [3.05, 3.63) is 29.8 Å². The molecular formula is C12H19NO. The fourth-order valence-corrected chi connectivity index (χ4v) is 0.926. The van der Waals surface area contributed by atoms with Crippen LogP contribution in [0.1, 0.15) is 32.8 Å². The van der Waals surface area contributed by atoms with Crippen LogP contribution in [-0.2, 0) is 4.79 Å². The fourth-order valence-electron chi connectivity index (χ4n) is 0.926. The quantitative estimate of drug-likeness (QED) is 0.728. The highest BCUT2D eigenvalue weighted by Gasteiger charge is 1.93. The van der Waals surface area contributed by atoms with Gasteiger partial charge in [0.15, 0.2) is 0 Å². The van der Waals surface area contributed by atoms with E-state index in [0.29, 0.717) is 0 Å². The van der Waals surface area contributed by atoms with Crippen LogP contribution in [0.2, 0.25) is 0 Å². The largest absolute Gasteiger partial charge is 0.326 e. The van der Waals surface area contributed by atoms with Gasteiger partial charge in [-0.2, -0.15) is 0 Å². The molecule has 14 heavy (non-hydrogen) atoms. The third-order valence-electron chi connectivity index (χ3n) is 1.34. The first-order chi connectivity index (χ1) is 6.60. The topological polar surface area (TPSA) is 29.1 Å². The van der Waals surface area contributed by atoms with Crippen LogP contribution < -0.4 is 5.32 Å². The Hall–Kier alpha value is -1.31. The lowest BCUT2D eigenvalue weighted by Crippen LogP contribution is -2.05. The molecular weight excluding hydrogens is 174 g/mol. The number of hydrogen-bond acceptors (Lipinski definition) is 1. The van der Waals surface area contributed by atoms with Gasteiger partial charge in [-0.1, -0.05) is 32.4 Å². The molecule has 0 aliphatic carbocycles. The molecule has 0 spiro atoms. The zero-order valence-corrected chi connectivity index (χ0v) is 9.42. The smallest absolute Gasteiger partial charge is 0.221 e. The van der Waals surface area contributed by atoms with Crippen molar-refractivity contribution in [3.8, 4) is 0 Å². The average molecular weight is 193 g/mol. The molecule has 0 saturated carbocycles. The number of aryl methyl sites for hydroxylation is 1. The number of carbonyl (C=O) groups is 1. The molecule has 2 nitrogen and oxygen atoms in total. The molecule has 0 radical (unpaired) electrons. The van der Waals surface area contributed by atoms with Crippen LogP contribution in [0.3, 0.4) is 0 Å². The van der Waals surface area contributed by atoms with Gasteiger partial charge in [-0.15, -0.1) is 0 Å². The number of carbonyl (C=O) groups excluding carboxylic acids is 1. The van der Waals surface area contributed by atoms with Gasteiger partial charge < -0.3 is 5.32 Å². The van der Waals surface area contributed by atoms with Gasteiger partial charge in [0, 0.05) is 12.6 Å². The van der Waals surface area contributed by atoms with E-state index in [1.165, 1.54) is 13.3 Å². The monoisotopic (exact) mass is 193 g/mol. The maximum absolute atomic E-state index is 10.6. The molecule has 0 atom stereocenters. The van der Waals surface area contributed by atoms with Crippen LogP contribution in [0, 0.1) is 6.92 Å². The summed E-state index contributed by atoms with van der Waals surface area (Å²) >= 11 is 0. The first-order valence-electron chi connectivity index (χ1n) is 4.94. The molecule has 0 fully saturated rings. The molecule has 2 heteroatoms. The van der Waals surface area contributed by atoms with Crippen LogP contribution in [-0.4, -0.2) is 5.91 Å². The molecule has 78 valence electrons. The molecule has 0 bridgehead atoms. The highest BCUT2D eigenvalue weighted by Crippen LogP contribution is 2.08.